The molecule has 1 heterocycles. The van der Waals surface area contributed by atoms with Gasteiger partial charge in [-0.2, -0.15) is 0 Å². The highest BCUT2D eigenvalue weighted by Gasteiger charge is 2.26. The molecule has 0 bridgehead atoms. The lowest BCUT2D eigenvalue weighted by atomic mass is 10.1. The lowest BCUT2D eigenvalue weighted by Crippen LogP contribution is -2.27. The van der Waals surface area contributed by atoms with Crippen LogP contribution in [0.15, 0.2) is 12.1 Å². The number of halogens is 1. The Morgan fingerprint density at radius 3 is 2.83 bits per heavy atom. The lowest BCUT2D eigenvalue weighted by molar-refractivity contribution is -0.385. The van der Waals surface area contributed by atoms with Crippen molar-refractivity contribution < 1.29 is 18.9 Å². The molecule has 1 aliphatic heterocycles. The normalized spacial score (nSPS) is 14.9. The minimum absolute atomic E-state index is 0.0618. The van der Waals surface area contributed by atoms with E-state index in [4.69, 9.17) is 4.84 Å². The second-order valence-electron chi connectivity index (χ2n) is 3.98. The maximum Gasteiger partial charge on any atom is 0.280 e. The van der Waals surface area contributed by atoms with E-state index < -0.39 is 16.6 Å². The number of rotatable bonds is 2. The predicted octanol–water partition coefficient (Wildman–Crippen LogP) is 1.82. The van der Waals surface area contributed by atoms with E-state index in [0.29, 0.717) is 19.6 Å². The van der Waals surface area contributed by atoms with E-state index in [1.54, 1.807) is 0 Å². The maximum atomic E-state index is 13.8. The molecule has 1 aromatic rings. The van der Waals surface area contributed by atoms with Crippen LogP contribution in [-0.4, -0.2) is 29.0 Å². The predicted molar refractivity (Wildman–Crippen MR) is 59.4 cm³/mol. The maximum absolute atomic E-state index is 13.8. The largest absolute Gasteiger partial charge is 0.280 e. The third-order valence-electron chi connectivity index (χ3n) is 2.66. The summed E-state index contributed by atoms with van der Waals surface area (Å²) in [4.78, 5) is 27.0. The van der Waals surface area contributed by atoms with Crippen molar-refractivity contribution in [3.8, 4) is 0 Å². The lowest BCUT2D eigenvalue weighted by Gasteiger charge is -2.14. The van der Waals surface area contributed by atoms with Crippen molar-refractivity contribution in [2.45, 2.75) is 13.3 Å². The van der Waals surface area contributed by atoms with Crippen molar-refractivity contribution in [1.29, 1.82) is 0 Å². The smallest absolute Gasteiger partial charge is 0.271 e. The molecule has 0 spiro atoms. The number of amides is 1. The molecule has 0 aromatic heterocycles. The van der Waals surface area contributed by atoms with Crippen LogP contribution in [0, 0.1) is 22.9 Å². The second-order valence-corrected chi connectivity index (χ2v) is 3.98. The van der Waals surface area contributed by atoms with Gasteiger partial charge in [-0.15, -0.1) is 0 Å². The number of nitro benzene ring substituents is 1. The summed E-state index contributed by atoms with van der Waals surface area (Å²) in [6.45, 7) is 2.13. The Bertz CT molecular complexity index is 512. The highest BCUT2D eigenvalue weighted by atomic mass is 19.1. The van der Waals surface area contributed by atoms with Gasteiger partial charge in [-0.05, 0) is 18.9 Å². The van der Waals surface area contributed by atoms with E-state index in [1.807, 2.05) is 0 Å². The summed E-state index contributed by atoms with van der Waals surface area (Å²) in [6, 6.07) is 2.03. The van der Waals surface area contributed by atoms with Crippen LogP contribution in [0.5, 0.6) is 0 Å². The van der Waals surface area contributed by atoms with E-state index in [9.17, 15) is 19.3 Å². The summed E-state index contributed by atoms with van der Waals surface area (Å²) in [5, 5.41) is 11.7. The average Bonchev–Trinajstić information content (AvgIpc) is 2.85. The van der Waals surface area contributed by atoms with Crippen LogP contribution in [0.1, 0.15) is 22.3 Å². The number of nitrogens with zero attached hydrogens (tertiary/aromatic N) is 2. The van der Waals surface area contributed by atoms with Crippen LogP contribution in [0.25, 0.3) is 0 Å². The zero-order valence-corrected chi connectivity index (χ0v) is 9.68. The van der Waals surface area contributed by atoms with Crippen LogP contribution >= 0.6 is 0 Å². The number of carbonyl (C=O) groups is 1. The van der Waals surface area contributed by atoms with Gasteiger partial charge >= 0.3 is 0 Å². The Balaban J connectivity index is 2.42. The number of aryl methyl sites for hydroxylation is 1. The first-order valence-electron chi connectivity index (χ1n) is 5.40. The molecule has 1 aromatic carbocycles. The number of hydrogen-bond donors (Lipinski definition) is 0. The van der Waals surface area contributed by atoms with Crippen LogP contribution in [-0.2, 0) is 4.84 Å². The van der Waals surface area contributed by atoms with Crippen molar-refractivity contribution in [2.75, 3.05) is 13.2 Å². The van der Waals surface area contributed by atoms with Crippen molar-refractivity contribution in [3.05, 3.63) is 39.2 Å². The van der Waals surface area contributed by atoms with Gasteiger partial charge in [-0.1, -0.05) is 0 Å². The van der Waals surface area contributed by atoms with Crippen LogP contribution < -0.4 is 0 Å². The van der Waals surface area contributed by atoms with Crippen LogP contribution in [0.2, 0.25) is 0 Å². The first-order valence-corrected chi connectivity index (χ1v) is 5.40. The van der Waals surface area contributed by atoms with Gasteiger partial charge in [-0.25, -0.2) is 9.45 Å². The molecule has 0 N–H and O–H groups in total. The Kier molecular flexibility index (Phi) is 3.24. The molecule has 0 aliphatic carbocycles. The van der Waals surface area contributed by atoms with Gasteiger partial charge in [0.2, 0.25) is 0 Å². The standard InChI is InChI=1S/C11H11FN2O4/c1-7-5-8(14(16)17)6-9(10(7)12)11(15)13-3-2-4-18-13/h5-6H,2-4H2,1H3. The molecule has 6 nitrogen and oxygen atoms in total. The van der Waals surface area contributed by atoms with E-state index in [1.165, 1.54) is 6.92 Å². The first-order chi connectivity index (χ1) is 8.50. The van der Waals surface area contributed by atoms with Gasteiger partial charge in [0, 0.05) is 12.1 Å². The van der Waals surface area contributed by atoms with Crippen molar-refractivity contribution in [3.63, 3.8) is 0 Å². The molecule has 0 saturated carbocycles. The number of benzene rings is 1. The first kappa shape index (κ1) is 12.4. The van der Waals surface area contributed by atoms with Gasteiger partial charge in [0.05, 0.1) is 23.6 Å². The van der Waals surface area contributed by atoms with Gasteiger partial charge < -0.3 is 0 Å². The average molecular weight is 254 g/mol. The molecule has 2 rings (SSSR count). The fourth-order valence-corrected chi connectivity index (χ4v) is 1.75. The van der Waals surface area contributed by atoms with Gasteiger partial charge in [0.15, 0.2) is 0 Å². The van der Waals surface area contributed by atoms with Crippen LogP contribution in [0.4, 0.5) is 10.1 Å². The summed E-state index contributed by atoms with van der Waals surface area (Å²) in [6.07, 6.45) is 0.668. The molecule has 1 fully saturated rings. The minimum atomic E-state index is -0.749. The zero-order chi connectivity index (χ0) is 13.3. The molecule has 0 atom stereocenters. The highest BCUT2D eigenvalue weighted by molar-refractivity contribution is 5.94. The zero-order valence-electron chi connectivity index (χ0n) is 9.68. The van der Waals surface area contributed by atoms with Crippen molar-refractivity contribution in [2.24, 2.45) is 0 Å². The van der Waals surface area contributed by atoms with Crippen LogP contribution in [0.3, 0.4) is 0 Å². The summed E-state index contributed by atoms with van der Waals surface area (Å²) < 4.78 is 13.8. The molecular formula is C11H11FN2O4. The van der Waals surface area contributed by atoms with Gasteiger partial charge in [0.25, 0.3) is 11.6 Å². The van der Waals surface area contributed by atoms with Gasteiger partial charge in [-0.3, -0.25) is 19.7 Å². The summed E-state index contributed by atoms with van der Waals surface area (Å²) in [5.74, 6) is -1.43. The van der Waals surface area contributed by atoms with E-state index in [-0.39, 0.29) is 16.8 Å². The molecule has 1 aliphatic rings. The quantitative estimate of drug-likeness (QED) is 0.596. The number of hydroxylamine groups is 2. The second kappa shape index (κ2) is 4.69. The molecular weight excluding hydrogens is 243 g/mol. The monoisotopic (exact) mass is 254 g/mol. The molecule has 96 valence electrons. The van der Waals surface area contributed by atoms with Crippen molar-refractivity contribution in [1.82, 2.24) is 5.06 Å². The molecule has 1 amide bonds. The Morgan fingerprint density at radius 1 is 1.56 bits per heavy atom. The SMILES string of the molecule is Cc1cc([N+](=O)[O-])cc(C(=O)N2CCCO2)c1F. The van der Waals surface area contributed by atoms with E-state index in [0.717, 1.165) is 17.2 Å². The van der Waals surface area contributed by atoms with E-state index >= 15 is 0 Å². The Hall–Kier alpha value is -2.02. The summed E-state index contributed by atoms with van der Waals surface area (Å²) >= 11 is 0. The van der Waals surface area contributed by atoms with Crippen molar-refractivity contribution >= 4 is 11.6 Å². The number of hydrogen-bond acceptors (Lipinski definition) is 4. The number of nitro groups is 1. The fourth-order valence-electron chi connectivity index (χ4n) is 1.75. The third kappa shape index (κ3) is 2.17. The van der Waals surface area contributed by atoms with E-state index in [2.05, 4.69) is 0 Å². The fraction of sp³-hybridized carbons (Fsp3) is 0.364. The number of carbonyl (C=O) groups excluding carboxylic acids is 1. The topological polar surface area (TPSA) is 72.7 Å². The summed E-state index contributed by atoms with van der Waals surface area (Å²) in [7, 11) is 0. The third-order valence-corrected chi connectivity index (χ3v) is 2.66. The molecule has 0 unspecified atom stereocenters. The Morgan fingerprint density at radius 2 is 2.28 bits per heavy atom. The summed E-state index contributed by atoms with van der Waals surface area (Å²) in [5.41, 5.74) is -0.577. The van der Waals surface area contributed by atoms with Gasteiger partial charge in [0.1, 0.15) is 5.82 Å². The Labute approximate surface area is 102 Å². The molecule has 0 radical (unpaired) electrons. The molecule has 7 heteroatoms. The highest BCUT2D eigenvalue weighted by Crippen LogP contribution is 2.23. The molecule has 1 saturated heterocycles. The molecule has 18 heavy (non-hydrogen) atoms. The number of non-ortho nitro benzene ring substituents is 1. The minimum Gasteiger partial charge on any atom is -0.271 e.